The molecule has 0 unspecified atom stereocenters. The summed E-state index contributed by atoms with van der Waals surface area (Å²) in [5, 5.41) is 3.91. The van der Waals surface area contributed by atoms with Gasteiger partial charge in [0.25, 0.3) is 5.91 Å². The van der Waals surface area contributed by atoms with Crippen LogP contribution in [0.3, 0.4) is 0 Å². The van der Waals surface area contributed by atoms with Gasteiger partial charge < -0.3 is 5.32 Å². The largest absolute Gasteiger partial charge is 0.322 e. The smallest absolute Gasteiger partial charge is 0.255 e. The molecule has 0 bridgehead atoms. The number of rotatable bonds is 4. The van der Waals surface area contributed by atoms with E-state index in [0.717, 1.165) is 34.1 Å². The Bertz CT molecular complexity index is 1480. The molecule has 3 heterocycles. The molecular formula is C26H24N4O3S. The van der Waals surface area contributed by atoms with Gasteiger partial charge in [0, 0.05) is 41.1 Å². The fourth-order valence-corrected chi connectivity index (χ4v) is 5.79. The summed E-state index contributed by atoms with van der Waals surface area (Å²) in [6.45, 7) is 2.48. The number of hydrogen-bond donors (Lipinski definition) is 1. The van der Waals surface area contributed by atoms with Crippen molar-refractivity contribution in [1.82, 2.24) is 9.97 Å². The molecule has 1 aliphatic rings. The van der Waals surface area contributed by atoms with Crippen LogP contribution in [0.4, 0.5) is 11.4 Å². The lowest BCUT2D eigenvalue weighted by atomic mass is 10.0. The number of benzene rings is 2. The van der Waals surface area contributed by atoms with Gasteiger partial charge in [0.15, 0.2) is 0 Å². The molecule has 0 aliphatic carbocycles. The van der Waals surface area contributed by atoms with E-state index in [1.165, 1.54) is 4.31 Å². The summed E-state index contributed by atoms with van der Waals surface area (Å²) in [5.74, 6) is -0.103. The lowest BCUT2D eigenvalue weighted by Crippen LogP contribution is -2.37. The normalized spacial score (nSPS) is 15.3. The number of sulfonamides is 1. The van der Waals surface area contributed by atoms with Crippen LogP contribution >= 0.6 is 0 Å². The lowest BCUT2D eigenvalue weighted by Gasteiger charge is -2.28. The second kappa shape index (κ2) is 8.87. The van der Waals surface area contributed by atoms with Gasteiger partial charge in [0.1, 0.15) is 0 Å². The second-order valence-corrected chi connectivity index (χ2v) is 10.4. The van der Waals surface area contributed by atoms with Crippen molar-refractivity contribution in [3.8, 4) is 11.3 Å². The van der Waals surface area contributed by atoms with Crippen molar-refractivity contribution in [2.75, 3.05) is 21.9 Å². The van der Waals surface area contributed by atoms with E-state index < -0.39 is 10.0 Å². The molecular weight excluding hydrogens is 448 g/mol. The minimum Gasteiger partial charge on any atom is -0.322 e. The third-order valence-corrected chi connectivity index (χ3v) is 7.90. The Kier molecular flexibility index (Phi) is 5.75. The van der Waals surface area contributed by atoms with Crippen molar-refractivity contribution < 1.29 is 13.2 Å². The summed E-state index contributed by atoms with van der Waals surface area (Å²) in [6.07, 6.45) is 5.01. The van der Waals surface area contributed by atoms with Crippen LogP contribution in [0.15, 0.2) is 73.1 Å². The molecule has 1 N–H and O–H groups in total. The van der Waals surface area contributed by atoms with Gasteiger partial charge >= 0.3 is 0 Å². The fourth-order valence-electron chi connectivity index (χ4n) is 4.15. The minimum absolute atomic E-state index is 0.161. The third-order valence-electron chi connectivity index (χ3n) is 6.03. The first-order chi connectivity index (χ1) is 16.4. The third kappa shape index (κ3) is 4.36. The molecule has 0 atom stereocenters. The van der Waals surface area contributed by atoms with Crippen LogP contribution < -0.4 is 9.62 Å². The maximum atomic E-state index is 12.9. The average molecular weight is 473 g/mol. The first-order valence-electron chi connectivity index (χ1n) is 11.1. The molecule has 2 aromatic heterocycles. The number of carbonyl (C=O) groups is 1. The first kappa shape index (κ1) is 22.0. The van der Waals surface area contributed by atoms with Crippen molar-refractivity contribution >= 4 is 38.2 Å². The molecule has 0 radical (unpaired) electrons. The van der Waals surface area contributed by atoms with E-state index in [1.807, 2.05) is 43.3 Å². The molecule has 1 amide bonds. The number of amides is 1. The molecule has 1 aliphatic heterocycles. The van der Waals surface area contributed by atoms with E-state index in [0.29, 0.717) is 29.9 Å². The highest BCUT2D eigenvalue weighted by molar-refractivity contribution is 7.92. The number of aryl methyl sites for hydroxylation is 1. The van der Waals surface area contributed by atoms with Crippen LogP contribution in [0, 0.1) is 6.92 Å². The molecule has 0 spiro atoms. The Morgan fingerprint density at radius 3 is 2.62 bits per heavy atom. The highest BCUT2D eigenvalue weighted by Crippen LogP contribution is 2.28. The molecule has 5 rings (SSSR count). The van der Waals surface area contributed by atoms with E-state index in [-0.39, 0.29) is 11.7 Å². The van der Waals surface area contributed by atoms with E-state index in [4.69, 9.17) is 4.98 Å². The summed E-state index contributed by atoms with van der Waals surface area (Å²) >= 11 is 0. The van der Waals surface area contributed by atoms with Crippen molar-refractivity contribution in [2.24, 2.45) is 0 Å². The Morgan fingerprint density at radius 2 is 1.82 bits per heavy atom. The van der Waals surface area contributed by atoms with Gasteiger partial charge in [-0.15, -0.1) is 0 Å². The predicted octanol–water partition coefficient (Wildman–Crippen LogP) is 4.79. The quantitative estimate of drug-likeness (QED) is 0.461. The number of nitrogens with one attached hydrogen (secondary N) is 1. The van der Waals surface area contributed by atoms with Crippen molar-refractivity contribution in [3.05, 3.63) is 84.2 Å². The number of carbonyl (C=O) groups excluding carboxylic acids is 1. The van der Waals surface area contributed by atoms with Crippen molar-refractivity contribution in [1.29, 1.82) is 0 Å². The molecule has 0 saturated carbocycles. The van der Waals surface area contributed by atoms with Gasteiger partial charge in [-0.05, 0) is 79.9 Å². The maximum Gasteiger partial charge on any atom is 0.255 e. The fraction of sp³-hybridized carbons (Fsp3) is 0.192. The monoisotopic (exact) mass is 472 g/mol. The van der Waals surface area contributed by atoms with E-state index in [1.54, 1.807) is 36.7 Å². The van der Waals surface area contributed by atoms with Crippen LogP contribution in [-0.4, -0.2) is 36.6 Å². The zero-order chi connectivity index (χ0) is 23.7. The highest BCUT2D eigenvalue weighted by Gasteiger charge is 2.26. The summed E-state index contributed by atoms with van der Waals surface area (Å²) in [5.41, 5.74) is 5.36. The molecule has 1 fully saturated rings. The van der Waals surface area contributed by atoms with E-state index >= 15 is 0 Å². The topological polar surface area (TPSA) is 92.3 Å². The zero-order valence-corrected chi connectivity index (χ0v) is 19.5. The Morgan fingerprint density at radius 1 is 1.00 bits per heavy atom. The number of anilines is 2. The van der Waals surface area contributed by atoms with Gasteiger partial charge in [-0.25, -0.2) is 13.4 Å². The summed E-state index contributed by atoms with van der Waals surface area (Å²) in [4.78, 5) is 21.7. The SMILES string of the molecule is Cc1ccc(NC(=O)c2ccc(N3CCCCS3(=O)=O)cc2)cc1-c1ccc2cnccc2n1. The highest BCUT2D eigenvalue weighted by atomic mass is 32.2. The van der Waals surface area contributed by atoms with E-state index in [2.05, 4.69) is 10.3 Å². The van der Waals surface area contributed by atoms with Gasteiger partial charge in [-0.3, -0.25) is 14.1 Å². The summed E-state index contributed by atoms with van der Waals surface area (Å²) in [6, 6.07) is 18.2. The first-order valence-corrected chi connectivity index (χ1v) is 12.8. The Hall–Kier alpha value is -3.78. The lowest BCUT2D eigenvalue weighted by molar-refractivity contribution is 0.102. The van der Waals surface area contributed by atoms with E-state index in [9.17, 15) is 13.2 Å². The van der Waals surface area contributed by atoms with Crippen LogP contribution in [0.5, 0.6) is 0 Å². The molecule has 4 aromatic rings. The molecule has 2 aromatic carbocycles. The standard InChI is InChI=1S/C26H24N4O3S/c1-18-4-8-21(16-23(18)25-11-7-20-17-27-13-12-24(20)29-25)28-26(31)19-5-9-22(10-6-19)30-14-2-3-15-34(30,32)33/h4-13,16-17H,2-3,14-15H2,1H3,(H,28,31). The van der Waals surface area contributed by atoms with Gasteiger partial charge in [-0.2, -0.15) is 0 Å². The number of aromatic nitrogens is 2. The summed E-state index contributed by atoms with van der Waals surface area (Å²) < 4.78 is 26.1. The van der Waals surface area contributed by atoms with Crippen molar-refractivity contribution in [2.45, 2.75) is 19.8 Å². The number of hydrogen-bond acceptors (Lipinski definition) is 5. The Balaban J connectivity index is 1.36. The molecule has 172 valence electrons. The Labute approximate surface area is 198 Å². The van der Waals surface area contributed by atoms with Gasteiger partial charge in [-0.1, -0.05) is 6.07 Å². The number of nitrogens with zero attached hydrogens (tertiary/aromatic N) is 3. The molecule has 34 heavy (non-hydrogen) atoms. The zero-order valence-electron chi connectivity index (χ0n) is 18.7. The predicted molar refractivity (Wildman–Crippen MR) is 134 cm³/mol. The number of pyridine rings is 2. The van der Waals surface area contributed by atoms with Crippen LogP contribution in [-0.2, 0) is 10.0 Å². The molecule has 1 saturated heterocycles. The van der Waals surface area contributed by atoms with Crippen LogP contribution in [0.2, 0.25) is 0 Å². The maximum absolute atomic E-state index is 12.9. The average Bonchev–Trinajstić information content (AvgIpc) is 2.85. The molecule has 7 nitrogen and oxygen atoms in total. The van der Waals surface area contributed by atoms with Crippen molar-refractivity contribution in [3.63, 3.8) is 0 Å². The summed E-state index contributed by atoms with van der Waals surface area (Å²) in [7, 11) is -3.28. The number of fused-ring (bicyclic) bond motifs is 1. The van der Waals surface area contributed by atoms with Crippen LogP contribution in [0.1, 0.15) is 28.8 Å². The minimum atomic E-state index is -3.28. The van der Waals surface area contributed by atoms with Gasteiger partial charge in [0.2, 0.25) is 10.0 Å². The van der Waals surface area contributed by atoms with Crippen LogP contribution in [0.25, 0.3) is 22.2 Å². The second-order valence-electron chi connectivity index (χ2n) is 8.39. The molecule has 8 heteroatoms. The van der Waals surface area contributed by atoms with Gasteiger partial charge in [0.05, 0.1) is 22.7 Å².